The van der Waals surface area contributed by atoms with Gasteiger partial charge in [-0.3, -0.25) is 4.98 Å². The third kappa shape index (κ3) is 7.44. The summed E-state index contributed by atoms with van der Waals surface area (Å²) >= 11 is 0. The van der Waals surface area contributed by atoms with Gasteiger partial charge in [0.25, 0.3) is 0 Å². The maximum absolute atomic E-state index is 11.3. The minimum atomic E-state index is -2.97. The molecule has 0 fully saturated rings. The molecule has 5 aromatic rings. The largest absolute Gasteiger partial charge is 0.489 e. The molecule has 0 aliphatic heterocycles. The van der Waals surface area contributed by atoms with Crippen LogP contribution in [0.1, 0.15) is 11.1 Å². The lowest BCUT2D eigenvalue weighted by atomic mass is 10.0. The number of rotatable bonds is 11. The van der Waals surface area contributed by atoms with Crippen molar-refractivity contribution in [1.29, 1.82) is 0 Å². The monoisotopic (exact) mass is 537 g/mol. The number of fused-ring (bicyclic) bond motifs is 1. The van der Waals surface area contributed by atoms with Crippen molar-refractivity contribution in [3.8, 4) is 16.9 Å². The number of benzene rings is 4. The molecule has 0 unspecified atom stereocenters. The van der Waals surface area contributed by atoms with Gasteiger partial charge < -0.3 is 15.4 Å². The number of nitrogens with zero attached hydrogens (tertiary/aromatic N) is 1. The molecule has 0 atom stereocenters. The normalized spacial score (nSPS) is 11.4. The number of sulfone groups is 1. The molecule has 2 N–H and O–H groups in total. The molecular formula is C32H31N3O3S. The van der Waals surface area contributed by atoms with Gasteiger partial charge in [-0.15, -0.1) is 0 Å². The Morgan fingerprint density at radius 1 is 0.795 bits per heavy atom. The van der Waals surface area contributed by atoms with Crippen molar-refractivity contribution >= 4 is 32.1 Å². The van der Waals surface area contributed by atoms with Crippen LogP contribution in [0.3, 0.4) is 0 Å². The van der Waals surface area contributed by atoms with Crippen LogP contribution in [0.5, 0.6) is 5.75 Å². The third-order valence-corrected chi connectivity index (χ3v) is 7.31. The Morgan fingerprint density at radius 2 is 1.56 bits per heavy atom. The predicted octanol–water partition coefficient (Wildman–Crippen LogP) is 6.36. The van der Waals surface area contributed by atoms with Crippen LogP contribution in [0.25, 0.3) is 22.0 Å². The topological polar surface area (TPSA) is 80.3 Å². The summed E-state index contributed by atoms with van der Waals surface area (Å²) in [5.74, 6) is 0.951. The summed E-state index contributed by atoms with van der Waals surface area (Å²) in [6.07, 6.45) is 3.07. The van der Waals surface area contributed by atoms with Crippen LogP contribution in [0.15, 0.2) is 109 Å². The minimum Gasteiger partial charge on any atom is -0.489 e. The molecule has 0 radical (unpaired) electrons. The molecule has 198 valence electrons. The van der Waals surface area contributed by atoms with Gasteiger partial charge in [0, 0.05) is 42.3 Å². The maximum atomic E-state index is 11.3. The molecule has 1 aromatic heterocycles. The van der Waals surface area contributed by atoms with Crippen LogP contribution in [-0.4, -0.2) is 32.0 Å². The van der Waals surface area contributed by atoms with Crippen molar-refractivity contribution in [3.63, 3.8) is 0 Å². The smallest absolute Gasteiger partial charge is 0.148 e. The predicted molar refractivity (Wildman–Crippen MR) is 159 cm³/mol. The average molecular weight is 538 g/mol. The Balaban J connectivity index is 1.26. The van der Waals surface area contributed by atoms with Crippen molar-refractivity contribution in [2.24, 2.45) is 0 Å². The second kappa shape index (κ2) is 12.1. The highest BCUT2D eigenvalue weighted by atomic mass is 32.2. The van der Waals surface area contributed by atoms with Gasteiger partial charge in [0.1, 0.15) is 22.2 Å². The summed E-state index contributed by atoms with van der Waals surface area (Å²) in [5.41, 5.74) is 7.24. The van der Waals surface area contributed by atoms with Crippen LogP contribution in [0.4, 0.5) is 11.4 Å². The molecule has 0 bridgehead atoms. The average Bonchev–Trinajstić information content (AvgIpc) is 2.95. The standard InChI is InChI=1S/C32H31N3O3S/c1-39(36,37)19-18-33-22-25-8-5-9-26(20-25)27-10-15-30-31(16-17-34-32(30)21-27)35-28-11-13-29(14-12-28)38-23-24-6-3-2-4-7-24/h2-17,20-21,33H,18-19,22-23H2,1H3,(H,34,35). The minimum absolute atomic E-state index is 0.131. The number of nitrogens with one attached hydrogen (secondary N) is 2. The molecule has 0 aliphatic carbocycles. The van der Waals surface area contributed by atoms with Crippen molar-refractivity contribution in [2.45, 2.75) is 13.2 Å². The highest BCUT2D eigenvalue weighted by molar-refractivity contribution is 7.90. The van der Waals surface area contributed by atoms with E-state index in [1.807, 2.05) is 66.9 Å². The van der Waals surface area contributed by atoms with Gasteiger partial charge in [-0.25, -0.2) is 8.42 Å². The van der Waals surface area contributed by atoms with E-state index in [0.717, 1.165) is 50.3 Å². The number of pyridine rings is 1. The van der Waals surface area contributed by atoms with Gasteiger partial charge in [0.2, 0.25) is 0 Å². The summed E-state index contributed by atoms with van der Waals surface area (Å²) in [6, 6.07) is 34.6. The first-order chi connectivity index (χ1) is 18.9. The molecule has 4 aromatic carbocycles. The number of aromatic nitrogens is 1. The summed E-state index contributed by atoms with van der Waals surface area (Å²) in [5, 5.41) is 7.75. The summed E-state index contributed by atoms with van der Waals surface area (Å²) in [4.78, 5) is 4.61. The first-order valence-electron chi connectivity index (χ1n) is 12.8. The van der Waals surface area contributed by atoms with Crippen LogP contribution in [0.2, 0.25) is 0 Å². The first-order valence-corrected chi connectivity index (χ1v) is 14.9. The quantitative estimate of drug-likeness (QED) is 0.191. The summed E-state index contributed by atoms with van der Waals surface area (Å²) in [6.45, 7) is 1.58. The van der Waals surface area contributed by atoms with Crippen LogP contribution in [0, 0.1) is 0 Å². The van der Waals surface area contributed by atoms with E-state index in [1.54, 1.807) is 0 Å². The van der Waals surface area contributed by atoms with Crippen molar-refractivity contribution in [3.05, 3.63) is 120 Å². The van der Waals surface area contributed by atoms with Crippen molar-refractivity contribution in [2.75, 3.05) is 23.9 Å². The SMILES string of the molecule is CS(=O)(=O)CCNCc1cccc(-c2ccc3c(Nc4ccc(OCc5ccccc5)cc4)ccnc3c2)c1. The second-order valence-electron chi connectivity index (χ2n) is 9.52. The summed E-state index contributed by atoms with van der Waals surface area (Å²) < 4.78 is 28.6. The third-order valence-electron chi connectivity index (χ3n) is 6.36. The van der Waals surface area contributed by atoms with Crippen LogP contribution in [-0.2, 0) is 23.0 Å². The molecule has 39 heavy (non-hydrogen) atoms. The number of ether oxygens (including phenoxy) is 1. The Labute approximate surface area is 229 Å². The van der Waals surface area contributed by atoms with E-state index in [0.29, 0.717) is 19.7 Å². The molecule has 0 spiro atoms. The van der Waals surface area contributed by atoms with Crippen LogP contribution >= 0.6 is 0 Å². The van der Waals surface area contributed by atoms with Gasteiger partial charge in [-0.1, -0.05) is 60.7 Å². The zero-order chi connectivity index (χ0) is 27.1. The Morgan fingerprint density at radius 3 is 2.36 bits per heavy atom. The molecule has 0 amide bonds. The Bertz CT molecular complexity index is 1650. The van der Waals surface area contributed by atoms with E-state index < -0.39 is 9.84 Å². The lowest BCUT2D eigenvalue weighted by Gasteiger charge is -2.12. The Kier molecular flexibility index (Phi) is 8.20. The zero-order valence-electron chi connectivity index (χ0n) is 21.8. The van der Waals surface area contributed by atoms with Crippen molar-refractivity contribution in [1.82, 2.24) is 10.3 Å². The fourth-order valence-corrected chi connectivity index (χ4v) is 4.83. The molecule has 0 aliphatic rings. The van der Waals surface area contributed by atoms with E-state index in [-0.39, 0.29) is 5.75 Å². The molecule has 1 heterocycles. The van der Waals surface area contributed by atoms with Crippen LogP contribution < -0.4 is 15.4 Å². The van der Waals surface area contributed by atoms with E-state index >= 15 is 0 Å². The number of hydrogen-bond donors (Lipinski definition) is 2. The van der Waals surface area contributed by atoms with Gasteiger partial charge in [0.05, 0.1) is 11.3 Å². The maximum Gasteiger partial charge on any atom is 0.148 e. The fourth-order valence-electron chi connectivity index (χ4n) is 4.32. The molecular weight excluding hydrogens is 506 g/mol. The number of hydrogen-bond acceptors (Lipinski definition) is 6. The molecule has 0 saturated heterocycles. The molecule has 0 saturated carbocycles. The second-order valence-corrected chi connectivity index (χ2v) is 11.8. The van der Waals surface area contributed by atoms with Gasteiger partial charge in [0.15, 0.2) is 0 Å². The highest BCUT2D eigenvalue weighted by Gasteiger charge is 2.07. The molecule has 7 heteroatoms. The molecule has 5 rings (SSSR count). The van der Waals surface area contributed by atoms with Gasteiger partial charge in [-0.2, -0.15) is 0 Å². The van der Waals surface area contributed by atoms with Gasteiger partial charge in [-0.05, 0) is 64.7 Å². The van der Waals surface area contributed by atoms with E-state index in [2.05, 4.69) is 58.1 Å². The van der Waals surface area contributed by atoms with Crippen molar-refractivity contribution < 1.29 is 13.2 Å². The summed E-state index contributed by atoms with van der Waals surface area (Å²) in [7, 11) is -2.97. The van der Waals surface area contributed by atoms with E-state index in [4.69, 9.17) is 4.74 Å². The van der Waals surface area contributed by atoms with Gasteiger partial charge >= 0.3 is 0 Å². The number of anilines is 2. The van der Waals surface area contributed by atoms with E-state index in [9.17, 15) is 8.42 Å². The lowest BCUT2D eigenvalue weighted by Crippen LogP contribution is -2.21. The highest BCUT2D eigenvalue weighted by Crippen LogP contribution is 2.30. The molecule has 6 nitrogen and oxygen atoms in total. The lowest BCUT2D eigenvalue weighted by molar-refractivity contribution is 0.306. The first kappa shape index (κ1) is 26.4. The van der Waals surface area contributed by atoms with E-state index in [1.165, 1.54) is 6.26 Å². The fraction of sp³-hybridized carbons (Fsp3) is 0.156. The zero-order valence-corrected chi connectivity index (χ0v) is 22.6. The Hall–Kier alpha value is -4.20.